The number of aryl methyl sites for hydroxylation is 1. The van der Waals surface area contributed by atoms with Crippen molar-refractivity contribution in [3.63, 3.8) is 0 Å². The Hall–Kier alpha value is -4.67. The molecule has 1 atom stereocenters. The number of aromatic nitrogens is 1. The number of phenols is 1. The number of amides is 2. The Bertz CT molecular complexity index is 1680. The highest BCUT2D eigenvalue weighted by molar-refractivity contribution is 5.91. The molecule has 1 aliphatic rings. The molecule has 1 saturated carbocycles. The summed E-state index contributed by atoms with van der Waals surface area (Å²) in [4.78, 5) is 38.5. The summed E-state index contributed by atoms with van der Waals surface area (Å²) in [6.07, 6.45) is 3.05. The summed E-state index contributed by atoms with van der Waals surface area (Å²) in [7, 11) is 0. The number of carbonyl (C=O) groups is 2. The SMILES string of the molecule is O=C(O)Nc1cc(CCCNC(=O)[C@H]2CC[C@H](CNCC(O)c3ccc(O)c4[nH]c(=O)ccc34)CC2)ccc1-c1ccccc1. The average Bonchev–Trinajstić information content (AvgIpc) is 3.04. The van der Waals surface area contributed by atoms with Gasteiger partial charge in [-0.2, -0.15) is 0 Å². The van der Waals surface area contributed by atoms with Crippen LogP contribution in [0.3, 0.4) is 0 Å². The highest BCUT2D eigenvalue weighted by Crippen LogP contribution is 2.31. The van der Waals surface area contributed by atoms with Crippen molar-refractivity contribution in [1.29, 1.82) is 0 Å². The number of benzene rings is 3. The van der Waals surface area contributed by atoms with E-state index < -0.39 is 12.2 Å². The summed E-state index contributed by atoms with van der Waals surface area (Å²) in [5.74, 6) is 0.461. The molecule has 1 aromatic heterocycles. The predicted octanol–water partition coefficient (Wildman–Crippen LogP) is 5.17. The molecular weight excluding hydrogens is 572 g/mol. The van der Waals surface area contributed by atoms with Crippen molar-refractivity contribution in [2.45, 2.75) is 44.6 Å². The molecule has 10 heteroatoms. The van der Waals surface area contributed by atoms with E-state index in [4.69, 9.17) is 0 Å². The van der Waals surface area contributed by atoms with Crippen LogP contribution in [0.1, 0.15) is 49.3 Å². The number of hydrogen-bond donors (Lipinski definition) is 7. The van der Waals surface area contributed by atoms with Crippen LogP contribution in [0.25, 0.3) is 22.0 Å². The van der Waals surface area contributed by atoms with Gasteiger partial charge in [0.25, 0.3) is 0 Å². The van der Waals surface area contributed by atoms with Gasteiger partial charge in [-0.05, 0) is 85.9 Å². The molecule has 1 aliphatic carbocycles. The minimum Gasteiger partial charge on any atom is -0.506 e. The maximum Gasteiger partial charge on any atom is 0.409 e. The number of H-pyrrole nitrogens is 1. The van der Waals surface area contributed by atoms with Gasteiger partial charge in [0, 0.05) is 36.0 Å². The standard InChI is InChI=1S/C35H40N4O6/c40-30-16-14-27(28-15-17-32(42)39-33(28)30)31(41)21-36-20-23-8-11-25(12-9-23)34(43)37-18-4-5-22-10-13-26(24-6-2-1-3-7-24)29(19-22)38-35(44)45/h1-3,6-7,10,13-17,19,23,25,31,36,38,40-41H,4-5,8-9,11-12,18,20-21H2,(H,37,43)(H,39,42)(H,44,45)/t23-,25-,31?. The molecule has 7 N–H and O–H groups in total. The molecule has 0 aliphatic heterocycles. The molecule has 0 bridgehead atoms. The fourth-order valence-electron chi connectivity index (χ4n) is 6.20. The first-order valence-electron chi connectivity index (χ1n) is 15.5. The fraction of sp³-hybridized carbons (Fsp3) is 0.343. The van der Waals surface area contributed by atoms with Gasteiger partial charge in [0.05, 0.1) is 17.3 Å². The lowest BCUT2D eigenvalue weighted by Gasteiger charge is -2.28. The summed E-state index contributed by atoms with van der Waals surface area (Å²) in [5.41, 5.74) is 3.93. The quantitative estimate of drug-likeness (QED) is 0.109. The van der Waals surface area contributed by atoms with E-state index in [1.807, 2.05) is 48.5 Å². The van der Waals surface area contributed by atoms with Crippen LogP contribution in [0.2, 0.25) is 0 Å². The predicted molar refractivity (Wildman–Crippen MR) is 174 cm³/mol. The Kier molecular flexibility index (Phi) is 10.5. The summed E-state index contributed by atoms with van der Waals surface area (Å²) < 4.78 is 0. The highest BCUT2D eigenvalue weighted by Gasteiger charge is 2.26. The van der Waals surface area contributed by atoms with Crippen LogP contribution in [-0.2, 0) is 11.2 Å². The van der Waals surface area contributed by atoms with Gasteiger partial charge < -0.3 is 30.9 Å². The second-order valence-corrected chi connectivity index (χ2v) is 11.7. The number of carbonyl (C=O) groups excluding carboxylic acids is 1. The second kappa shape index (κ2) is 14.9. The third kappa shape index (κ3) is 8.29. The van der Waals surface area contributed by atoms with Crippen molar-refractivity contribution in [3.05, 3.63) is 94.3 Å². The number of aromatic amines is 1. The fourth-order valence-corrected chi connectivity index (χ4v) is 6.20. The summed E-state index contributed by atoms with van der Waals surface area (Å²) in [5, 5.41) is 39.7. The average molecular weight is 613 g/mol. The summed E-state index contributed by atoms with van der Waals surface area (Å²) >= 11 is 0. The summed E-state index contributed by atoms with van der Waals surface area (Å²) in [6.45, 7) is 1.63. The van der Waals surface area contributed by atoms with Crippen molar-refractivity contribution in [1.82, 2.24) is 15.6 Å². The first kappa shape index (κ1) is 31.7. The molecule has 1 unspecified atom stereocenters. The van der Waals surface area contributed by atoms with E-state index in [2.05, 4.69) is 20.9 Å². The van der Waals surface area contributed by atoms with Gasteiger partial charge in [0.1, 0.15) is 5.75 Å². The number of aliphatic hydroxyl groups excluding tert-OH is 1. The van der Waals surface area contributed by atoms with Crippen molar-refractivity contribution in [2.24, 2.45) is 11.8 Å². The zero-order valence-corrected chi connectivity index (χ0v) is 25.1. The number of phenolic OH excluding ortho intramolecular Hbond substituents is 1. The number of aromatic hydroxyl groups is 1. The number of anilines is 1. The molecule has 1 fully saturated rings. The number of rotatable bonds is 12. The van der Waals surface area contributed by atoms with E-state index in [1.54, 1.807) is 12.1 Å². The largest absolute Gasteiger partial charge is 0.506 e. The van der Waals surface area contributed by atoms with Gasteiger partial charge in [-0.15, -0.1) is 0 Å². The van der Waals surface area contributed by atoms with E-state index in [0.717, 1.165) is 55.3 Å². The molecule has 2 amide bonds. The minimum absolute atomic E-state index is 0.00566. The summed E-state index contributed by atoms with van der Waals surface area (Å²) in [6, 6.07) is 21.6. The first-order chi connectivity index (χ1) is 21.8. The van der Waals surface area contributed by atoms with Crippen molar-refractivity contribution >= 4 is 28.6 Å². The van der Waals surface area contributed by atoms with Crippen LogP contribution in [0.4, 0.5) is 10.5 Å². The monoisotopic (exact) mass is 612 g/mol. The molecule has 3 aromatic carbocycles. The van der Waals surface area contributed by atoms with Crippen molar-refractivity contribution in [3.8, 4) is 16.9 Å². The van der Waals surface area contributed by atoms with Crippen LogP contribution in [0.15, 0.2) is 77.6 Å². The Morgan fingerprint density at radius 3 is 2.49 bits per heavy atom. The number of nitrogens with one attached hydrogen (secondary N) is 4. The van der Waals surface area contributed by atoms with Crippen molar-refractivity contribution in [2.75, 3.05) is 25.0 Å². The van der Waals surface area contributed by atoms with Crippen LogP contribution < -0.4 is 21.5 Å². The molecule has 0 spiro atoms. The number of pyridine rings is 1. The van der Waals surface area contributed by atoms with E-state index in [0.29, 0.717) is 47.6 Å². The molecule has 236 valence electrons. The van der Waals surface area contributed by atoms with E-state index >= 15 is 0 Å². The minimum atomic E-state index is -1.11. The molecule has 5 rings (SSSR count). The Morgan fingerprint density at radius 1 is 0.956 bits per heavy atom. The number of carboxylic acid groups (broad SMARTS) is 1. The first-order valence-corrected chi connectivity index (χ1v) is 15.5. The highest BCUT2D eigenvalue weighted by atomic mass is 16.4. The van der Waals surface area contributed by atoms with Crippen LogP contribution in [0, 0.1) is 11.8 Å². The number of aliphatic hydroxyl groups is 1. The van der Waals surface area contributed by atoms with Gasteiger partial charge in [0.15, 0.2) is 0 Å². The molecule has 45 heavy (non-hydrogen) atoms. The van der Waals surface area contributed by atoms with Crippen LogP contribution in [0.5, 0.6) is 5.75 Å². The van der Waals surface area contributed by atoms with E-state index in [-0.39, 0.29) is 23.1 Å². The van der Waals surface area contributed by atoms with Crippen molar-refractivity contribution < 1.29 is 24.9 Å². The lowest BCUT2D eigenvalue weighted by Crippen LogP contribution is -2.36. The Labute approximate surface area is 261 Å². The molecule has 10 nitrogen and oxygen atoms in total. The van der Waals surface area contributed by atoms with Crippen LogP contribution in [-0.4, -0.2) is 51.9 Å². The topological polar surface area (TPSA) is 164 Å². The van der Waals surface area contributed by atoms with Gasteiger partial charge in [-0.3, -0.25) is 14.9 Å². The molecule has 1 heterocycles. The number of fused-ring (bicyclic) bond motifs is 1. The van der Waals surface area contributed by atoms with Gasteiger partial charge in [0.2, 0.25) is 11.5 Å². The molecule has 0 radical (unpaired) electrons. The molecule has 0 saturated heterocycles. The van der Waals surface area contributed by atoms with Gasteiger partial charge >= 0.3 is 6.09 Å². The van der Waals surface area contributed by atoms with E-state index in [1.165, 1.54) is 12.1 Å². The Morgan fingerprint density at radius 2 is 1.73 bits per heavy atom. The van der Waals surface area contributed by atoms with Gasteiger partial charge in [-0.25, -0.2) is 4.79 Å². The second-order valence-electron chi connectivity index (χ2n) is 11.7. The smallest absolute Gasteiger partial charge is 0.409 e. The lowest BCUT2D eigenvalue weighted by atomic mass is 9.81. The third-order valence-electron chi connectivity index (χ3n) is 8.61. The Balaban J connectivity index is 1.02. The normalized spacial score (nSPS) is 17.1. The van der Waals surface area contributed by atoms with Gasteiger partial charge in [-0.1, -0.05) is 48.5 Å². The zero-order valence-electron chi connectivity index (χ0n) is 25.1. The lowest BCUT2D eigenvalue weighted by molar-refractivity contribution is -0.126. The van der Waals surface area contributed by atoms with E-state index in [9.17, 15) is 29.7 Å². The maximum absolute atomic E-state index is 12.8. The maximum atomic E-state index is 12.8. The zero-order chi connectivity index (χ0) is 31.8. The molecule has 4 aromatic rings. The van der Waals surface area contributed by atoms with Crippen LogP contribution >= 0.6 is 0 Å². The molecular formula is C35H40N4O6. The number of hydrogen-bond acceptors (Lipinski definition) is 6. The third-order valence-corrected chi connectivity index (χ3v) is 8.61.